The molecule has 0 fully saturated rings. The predicted molar refractivity (Wildman–Crippen MR) is 117 cm³/mol. The van der Waals surface area contributed by atoms with E-state index in [1.165, 1.54) is 13.2 Å². The molecule has 1 aliphatic rings. The first kappa shape index (κ1) is 24.1. The second kappa shape index (κ2) is 9.66. The number of ether oxygens (including phenoxy) is 1. The minimum absolute atomic E-state index is 0.0406. The summed E-state index contributed by atoms with van der Waals surface area (Å²) in [6.45, 7) is 0.669. The van der Waals surface area contributed by atoms with Crippen LogP contribution in [0.4, 0.5) is 19.0 Å². The molecule has 3 heterocycles. The van der Waals surface area contributed by atoms with Crippen molar-refractivity contribution in [3.05, 3.63) is 65.0 Å². The van der Waals surface area contributed by atoms with E-state index in [4.69, 9.17) is 9.84 Å². The highest BCUT2D eigenvalue weighted by molar-refractivity contribution is 6.01. The highest BCUT2D eigenvalue weighted by Gasteiger charge is 2.32. The largest absolute Gasteiger partial charge is 0.487 e. The third kappa shape index (κ3) is 4.64. The van der Waals surface area contributed by atoms with Crippen LogP contribution in [0.1, 0.15) is 28.7 Å². The molecule has 0 spiro atoms. The predicted octanol–water partition coefficient (Wildman–Crippen LogP) is 2.16. The lowest BCUT2D eigenvalue weighted by atomic mass is 10.0. The first-order chi connectivity index (χ1) is 16.7. The second-order valence-corrected chi connectivity index (χ2v) is 7.71. The molecule has 1 atom stereocenters. The van der Waals surface area contributed by atoms with Gasteiger partial charge in [-0.25, -0.2) is 28.1 Å². The number of carbonyl (C=O) groups excluding carboxylic acids is 2. The molecular formula is C23H20F3N5O4. The molecule has 12 heteroatoms. The number of likely N-dealkylation sites (N-methyl/N-ethyl adjacent to an activating group) is 1. The summed E-state index contributed by atoms with van der Waals surface area (Å²) in [6.07, 6.45) is 2.70. The lowest BCUT2D eigenvalue weighted by molar-refractivity contribution is -0.120. The summed E-state index contributed by atoms with van der Waals surface area (Å²) in [5.41, 5.74) is 0.227. The highest BCUT2D eigenvalue weighted by Crippen LogP contribution is 2.29. The van der Waals surface area contributed by atoms with Crippen LogP contribution >= 0.6 is 0 Å². The van der Waals surface area contributed by atoms with Crippen LogP contribution in [0.15, 0.2) is 30.6 Å². The van der Waals surface area contributed by atoms with E-state index in [0.29, 0.717) is 12.0 Å². The van der Waals surface area contributed by atoms with Crippen LogP contribution < -0.4 is 15.0 Å². The number of halogens is 3. The van der Waals surface area contributed by atoms with Gasteiger partial charge < -0.3 is 15.2 Å². The Morgan fingerprint density at radius 2 is 1.91 bits per heavy atom. The lowest BCUT2D eigenvalue weighted by Crippen LogP contribution is -2.49. The van der Waals surface area contributed by atoms with Crippen LogP contribution in [0.2, 0.25) is 0 Å². The summed E-state index contributed by atoms with van der Waals surface area (Å²) in [6, 6.07) is 1.94. The van der Waals surface area contributed by atoms with E-state index in [1.807, 2.05) is 0 Å². The lowest BCUT2D eigenvalue weighted by Gasteiger charge is -2.19. The molecule has 0 saturated carbocycles. The van der Waals surface area contributed by atoms with Crippen LogP contribution in [-0.2, 0) is 17.8 Å². The molecule has 0 saturated heterocycles. The van der Waals surface area contributed by atoms with Crippen LogP contribution in [0.25, 0.3) is 11.3 Å². The van der Waals surface area contributed by atoms with E-state index in [0.717, 1.165) is 29.3 Å². The van der Waals surface area contributed by atoms with Crippen LogP contribution in [0.3, 0.4) is 0 Å². The number of amides is 2. The number of nitrogens with one attached hydrogen (secondary N) is 1. The Bertz CT molecular complexity index is 1300. The van der Waals surface area contributed by atoms with E-state index in [9.17, 15) is 22.8 Å². The van der Waals surface area contributed by atoms with Crippen molar-refractivity contribution in [3.8, 4) is 17.0 Å². The highest BCUT2D eigenvalue weighted by atomic mass is 19.1. The maximum absolute atomic E-state index is 14.2. The van der Waals surface area contributed by atoms with E-state index in [2.05, 4.69) is 20.3 Å². The Kier molecular flexibility index (Phi) is 6.65. The van der Waals surface area contributed by atoms with Gasteiger partial charge in [-0.2, -0.15) is 0 Å². The van der Waals surface area contributed by atoms with Gasteiger partial charge in [-0.3, -0.25) is 14.5 Å². The van der Waals surface area contributed by atoms with Gasteiger partial charge in [0, 0.05) is 30.4 Å². The molecule has 0 aliphatic carbocycles. The number of aromatic nitrogens is 3. The minimum Gasteiger partial charge on any atom is -0.487 e. The fraction of sp³-hybridized carbons (Fsp3) is 0.261. The SMILES string of the molecule is CCc1cnc(C(=O)N[C@H]2COc3cc(F)cnc3N(C)C2=O)nc1-c1cc(F)c(CO)c(F)c1. The van der Waals surface area contributed by atoms with Crippen molar-refractivity contribution >= 4 is 17.6 Å². The molecule has 0 bridgehead atoms. The molecule has 182 valence electrons. The molecule has 2 N–H and O–H groups in total. The number of hydrogen-bond acceptors (Lipinski definition) is 7. The van der Waals surface area contributed by atoms with Crippen molar-refractivity contribution < 1.29 is 32.6 Å². The number of anilines is 1. The minimum atomic E-state index is -1.17. The molecule has 2 amide bonds. The standard InChI is InChI=1S/C23H20F3N5O4/c1-3-11-7-27-20(30-19(11)12-4-15(25)14(9-32)16(26)5-12)22(33)29-17-10-35-18-6-13(24)8-28-21(18)31(2)23(17)34/h4-8,17,32H,3,9-10H2,1-2H3,(H,29,33)/t17-/m0/s1. The number of nitrogens with zero attached hydrogens (tertiary/aromatic N) is 4. The summed E-state index contributed by atoms with van der Waals surface area (Å²) in [5.74, 6) is -4.17. The first-order valence-electron chi connectivity index (χ1n) is 10.5. The number of aliphatic hydroxyl groups is 1. The van der Waals surface area contributed by atoms with E-state index in [1.54, 1.807) is 6.92 Å². The number of benzene rings is 1. The van der Waals surface area contributed by atoms with E-state index in [-0.39, 0.29) is 35.3 Å². The Hall–Kier alpha value is -4.06. The monoisotopic (exact) mass is 487 g/mol. The summed E-state index contributed by atoms with van der Waals surface area (Å²) < 4.78 is 47.5. The molecule has 9 nitrogen and oxygen atoms in total. The van der Waals surface area contributed by atoms with Gasteiger partial charge in [-0.05, 0) is 24.1 Å². The normalized spacial score (nSPS) is 15.3. The fourth-order valence-corrected chi connectivity index (χ4v) is 3.60. The Morgan fingerprint density at radius 1 is 1.20 bits per heavy atom. The summed E-state index contributed by atoms with van der Waals surface area (Å²) >= 11 is 0. The van der Waals surface area contributed by atoms with Gasteiger partial charge in [0.1, 0.15) is 30.1 Å². The van der Waals surface area contributed by atoms with Gasteiger partial charge in [0.15, 0.2) is 11.6 Å². The number of aryl methyl sites for hydroxylation is 1. The molecule has 0 radical (unpaired) electrons. The maximum Gasteiger partial charge on any atom is 0.289 e. The van der Waals surface area contributed by atoms with Gasteiger partial charge in [0.2, 0.25) is 5.82 Å². The maximum atomic E-state index is 14.2. The third-order valence-electron chi connectivity index (χ3n) is 5.48. The Balaban J connectivity index is 1.62. The number of rotatable bonds is 5. The number of fused-ring (bicyclic) bond motifs is 1. The first-order valence-corrected chi connectivity index (χ1v) is 10.5. The fourth-order valence-electron chi connectivity index (χ4n) is 3.60. The third-order valence-corrected chi connectivity index (χ3v) is 5.48. The molecule has 1 aromatic carbocycles. The molecule has 35 heavy (non-hydrogen) atoms. The number of carbonyl (C=O) groups is 2. The van der Waals surface area contributed by atoms with Gasteiger partial charge in [-0.1, -0.05) is 6.92 Å². The zero-order valence-electron chi connectivity index (χ0n) is 18.7. The van der Waals surface area contributed by atoms with Crippen molar-refractivity contribution in [2.75, 3.05) is 18.6 Å². The molecule has 4 rings (SSSR count). The van der Waals surface area contributed by atoms with Crippen molar-refractivity contribution in [2.24, 2.45) is 0 Å². The molecular weight excluding hydrogens is 467 g/mol. The smallest absolute Gasteiger partial charge is 0.289 e. The van der Waals surface area contributed by atoms with Gasteiger partial charge in [0.25, 0.3) is 11.8 Å². The van der Waals surface area contributed by atoms with Crippen LogP contribution in [0, 0.1) is 17.5 Å². The number of aliphatic hydroxyl groups excluding tert-OH is 1. The quantitative estimate of drug-likeness (QED) is 0.566. The number of pyridine rings is 1. The second-order valence-electron chi connectivity index (χ2n) is 7.71. The van der Waals surface area contributed by atoms with E-state index >= 15 is 0 Å². The Morgan fingerprint density at radius 3 is 2.57 bits per heavy atom. The zero-order valence-corrected chi connectivity index (χ0v) is 18.7. The van der Waals surface area contributed by atoms with Gasteiger partial charge in [-0.15, -0.1) is 0 Å². The van der Waals surface area contributed by atoms with Crippen molar-refractivity contribution in [1.82, 2.24) is 20.3 Å². The van der Waals surface area contributed by atoms with Gasteiger partial charge >= 0.3 is 0 Å². The molecule has 0 unspecified atom stereocenters. The van der Waals surface area contributed by atoms with Crippen molar-refractivity contribution in [1.29, 1.82) is 0 Å². The summed E-state index contributed by atoms with van der Waals surface area (Å²) in [7, 11) is 1.41. The van der Waals surface area contributed by atoms with Crippen molar-refractivity contribution in [2.45, 2.75) is 26.0 Å². The van der Waals surface area contributed by atoms with Crippen molar-refractivity contribution in [3.63, 3.8) is 0 Å². The number of hydrogen-bond donors (Lipinski definition) is 2. The molecule has 2 aromatic heterocycles. The average Bonchev–Trinajstić information content (AvgIpc) is 2.95. The van der Waals surface area contributed by atoms with Crippen LogP contribution in [0.5, 0.6) is 5.75 Å². The summed E-state index contributed by atoms with van der Waals surface area (Å²) in [4.78, 5) is 38.9. The van der Waals surface area contributed by atoms with E-state index < -0.39 is 47.5 Å². The zero-order chi connectivity index (χ0) is 25.3. The average molecular weight is 487 g/mol. The van der Waals surface area contributed by atoms with Gasteiger partial charge in [0.05, 0.1) is 18.5 Å². The summed E-state index contributed by atoms with van der Waals surface area (Å²) in [5, 5.41) is 11.6. The topological polar surface area (TPSA) is 118 Å². The Labute approximate surface area is 197 Å². The van der Waals surface area contributed by atoms with Crippen LogP contribution in [-0.4, -0.2) is 51.6 Å². The molecule has 1 aliphatic heterocycles. The molecule has 3 aromatic rings.